The van der Waals surface area contributed by atoms with Gasteiger partial charge in [0.25, 0.3) is 0 Å². The first kappa shape index (κ1) is 46.5. The van der Waals surface area contributed by atoms with E-state index < -0.39 is 98.2 Å². The van der Waals surface area contributed by atoms with Crippen molar-refractivity contribution in [1.29, 1.82) is 0 Å². The van der Waals surface area contributed by atoms with Crippen LogP contribution in [-0.2, 0) is 41.4 Å². The Hall–Kier alpha value is 0.370. The van der Waals surface area contributed by atoms with E-state index >= 15 is 0 Å². The Morgan fingerprint density at radius 1 is 0.780 bits per heavy atom. The molecule has 0 aromatic carbocycles. The van der Waals surface area contributed by atoms with Crippen molar-refractivity contribution in [2.24, 2.45) is 17.4 Å². The molecule has 12 N–H and O–H groups in total. The lowest BCUT2D eigenvalue weighted by Gasteiger charge is -2.40. The van der Waals surface area contributed by atoms with Crippen LogP contribution in [-0.4, -0.2) is 168 Å². The van der Waals surface area contributed by atoms with E-state index in [-0.39, 0.29) is 39.6 Å². The van der Waals surface area contributed by atoms with Gasteiger partial charge in [0.2, 0.25) is 0 Å². The SMILES string of the molecule is CP(O)OC(COP(O)OCCCCCOC1OC(CO)C(O)C(O)C1N)COP(C)(=O)OCCCCCOC1CC(CO)C(O)C(O)C1N. The van der Waals surface area contributed by atoms with Crippen molar-refractivity contribution in [3.63, 3.8) is 0 Å². The molecule has 1 aliphatic heterocycles. The number of hydrogen-bond acceptors (Lipinski definition) is 19. The third-order valence-electron chi connectivity index (χ3n) is 8.24. The van der Waals surface area contributed by atoms with Gasteiger partial charge in [0, 0.05) is 39.1 Å². The van der Waals surface area contributed by atoms with Crippen molar-refractivity contribution in [3.8, 4) is 0 Å². The van der Waals surface area contributed by atoms with Crippen LogP contribution in [0.3, 0.4) is 0 Å². The lowest BCUT2D eigenvalue weighted by Crippen LogP contribution is -2.62. The van der Waals surface area contributed by atoms with Gasteiger partial charge in [0.1, 0.15) is 24.4 Å². The monoisotopic (exact) mass is 788 g/mol. The summed E-state index contributed by atoms with van der Waals surface area (Å²) in [5.74, 6) is -0.504. The molecule has 298 valence electrons. The summed E-state index contributed by atoms with van der Waals surface area (Å²) < 4.78 is 56.4. The quantitative estimate of drug-likeness (QED) is 0.0371. The highest BCUT2D eigenvalue weighted by Crippen LogP contribution is 2.45. The van der Waals surface area contributed by atoms with Gasteiger partial charge in [-0.3, -0.25) is 4.57 Å². The maximum absolute atomic E-state index is 12.8. The summed E-state index contributed by atoms with van der Waals surface area (Å²) in [6.45, 7) is 2.47. The molecule has 22 heteroatoms. The summed E-state index contributed by atoms with van der Waals surface area (Å²) in [6, 6.07) is -1.72. The normalized spacial score (nSPS) is 33.5. The van der Waals surface area contributed by atoms with Crippen molar-refractivity contribution >= 4 is 24.6 Å². The Balaban J connectivity index is 1.56. The molecule has 50 heavy (non-hydrogen) atoms. The van der Waals surface area contributed by atoms with E-state index in [0.29, 0.717) is 51.6 Å². The number of unbranched alkanes of at least 4 members (excludes halogenated alkanes) is 4. The average molecular weight is 789 g/mol. The third kappa shape index (κ3) is 16.8. The molecule has 0 spiro atoms. The molecule has 1 heterocycles. The standard InChI is InChI=1S/C28H59N2O17P3/c1-48(37)47-19(16-43-49(38)42-11-7-3-6-10-41-28-23(30)27(36)25(34)21(15-32)46-28)17-45-50(2,39)44-12-8-4-5-9-40-20-13-18(14-31)24(33)26(35)22(20)29/h18-28,31-38H,3-17,29-30H2,1-2H3. The Morgan fingerprint density at radius 2 is 1.40 bits per heavy atom. The molecular weight excluding hydrogens is 729 g/mol. The highest BCUT2D eigenvalue weighted by atomic mass is 31.2. The number of rotatable bonds is 26. The molecule has 0 amide bonds. The zero-order chi connectivity index (χ0) is 37.3. The Kier molecular flexibility index (Phi) is 23.0. The fourth-order valence-electron chi connectivity index (χ4n) is 5.27. The molecule has 14 unspecified atom stereocenters. The maximum atomic E-state index is 12.8. The van der Waals surface area contributed by atoms with Crippen LogP contribution >= 0.6 is 24.6 Å². The second-order valence-electron chi connectivity index (χ2n) is 12.4. The van der Waals surface area contributed by atoms with E-state index in [2.05, 4.69) is 0 Å². The summed E-state index contributed by atoms with van der Waals surface area (Å²) in [5, 5.41) is 58.6. The van der Waals surface area contributed by atoms with Crippen LogP contribution in [0.15, 0.2) is 0 Å². The highest BCUT2D eigenvalue weighted by molar-refractivity contribution is 7.53. The number of aliphatic hydroxyl groups is 6. The van der Waals surface area contributed by atoms with Gasteiger partial charge in [0.15, 0.2) is 14.7 Å². The smallest absolute Gasteiger partial charge is 0.329 e. The van der Waals surface area contributed by atoms with E-state index in [4.69, 9.17) is 48.3 Å². The van der Waals surface area contributed by atoms with Gasteiger partial charge in [-0.2, -0.15) is 0 Å². The molecule has 2 aliphatic rings. The second-order valence-corrected chi connectivity index (χ2v) is 16.6. The van der Waals surface area contributed by atoms with Crippen LogP contribution in [0.1, 0.15) is 44.9 Å². The minimum atomic E-state index is -3.48. The topological polar surface area (TPSA) is 305 Å². The molecule has 0 aromatic heterocycles. The molecule has 0 radical (unpaired) electrons. The lowest BCUT2D eigenvalue weighted by molar-refractivity contribution is -0.265. The zero-order valence-electron chi connectivity index (χ0n) is 28.7. The van der Waals surface area contributed by atoms with Crippen LogP contribution in [0.2, 0.25) is 0 Å². The summed E-state index contributed by atoms with van der Waals surface area (Å²) in [5.41, 5.74) is 11.8. The first-order chi connectivity index (χ1) is 23.7. The predicted molar refractivity (Wildman–Crippen MR) is 181 cm³/mol. The van der Waals surface area contributed by atoms with Gasteiger partial charge < -0.3 is 88.7 Å². The number of ether oxygens (including phenoxy) is 3. The van der Waals surface area contributed by atoms with Crippen molar-refractivity contribution in [3.05, 3.63) is 0 Å². The third-order valence-corrected chi connectivity index (χ3v) is 10.9. The van der Waals surface area contributed by atoms with Gasteiger partial charge in [-0.15, -0.1) is 0 Å². The lowest BCUT2D eigenvalue weighted by atomic mass is 9.80. The first-order valence-corrected chi connectivity index (χ1v) is 21.5. The summed E-state index contributed by atoms with van der Waals surface area (Å²) >= 11 is 0. The second kappa shape index (κ2) is 24.7. The van der Waals surface area contributed by atoms with Gasteiger partial charge in [0.05, 0.1) is 63.4 Å². The molecule has 0 bridgehead atoms. The van der Waals surface area contributed by atoms with Gasteiger partial charge in [-0.25, -0.2) is 0 Å². The minimum absolute atomic E-state index is 0.151. The molecule has 1 saturated carbocycles. The van der Waals surface area contributed by atoms with Crippen molar-refractivity contribution in [1.82, 2.24) is 0 Å². The summed E-state index contributed by atoms with van der Waals surface area (Å²) in [4.78, 5) is 19.8. The number of aliphatic hydroxyl groups excluding tert-OH is 6. The Bertz CT molecular complexity index is 948. The van der Waals surface area contributed by atoms with E-state index in [0.717, 1.165) is 0 Å². The maximum Gasteiger partial charge on any atom is 0.329 e. The van der Waals surface area contributed by atoms with Gasteiger partial charge >= 0.3 is 16.2 Å². The molecular formula is C28H59N2O17P3. The van der Waals surface area contributed by atoms with Crippen LogP contribution in [0.5, 0.6) is 0 Å². The number of nitrogens with two attached hydrogens (primary N) is 2. The molecule has 0 aromatic rings. The van der Waals surface area contributed by atoms with Crippen LogP contribution in [0.25, 0.3) is 0 Å². The zero-order valence-corrected chi connectivity index (χ0v) is 31.4. The molecule has 14 atom stereocenters. The van der Waals surface area contributed by atoms with Crippen LogP contribution < -0.4 is 11.5 Å². The highest BCUT2D eigenvalue weighted by Gasteiger charge is 2.43. The molecule has 2 fully saturated rings. The van der Waals surface area contributed by atoms with Crippen molar-refractivity contribution in [2.45, 2.75) is 106 Å². The fraction of sp³-hybridized carbons (Fsp3) is 1.00. The average Bonchev–Trinajstić information content (AvgIpc) is 3.08. The molecule has 2 rings (SSSR count). The molecule has 19 nitrogen and oxygen atoms in total. The summed E-state index contributed by atoms with van der Waals surface area (Å²) in [6.07, 6.45) is -4.16. The van der Waals surface area contributed by atoms with Crippen LogP contribution in [0, 0.1) is 5.92 Å². The predicted octanol–water partition coefficient (Wildman–Crippen LogP) is -1.02. The van der Waals surface area contributed by atoms with E-state index in [1.807, 2.05) is 0 Å². The Labute approximate surface area is 295 Å². The van der Waals surface area contributed by atoms with Gasteiger partial charge in [-0.1, -0.05) is 0 Å². The number of hydrogen-bond donors (Lipinski definition) is 10. The molecule has 1 saturated heterocycles. The summed E-state index contributed by atoms with van der Waals surface area (Å²) in [7, 11) is -7.57. The van der Waals surface area contributed by atoms with Gasteiger partial charge in [-0.05, 0) is 44.9 Å². The Morgan fingerprint density at radius 3 is 2.04 bits per heavy atom. The minimum Gasteiger partial charge on any atom is -0.396 e. The molecule has 1 aliphatic carbocycles. The van der Waals surface area contributed by atoms with Crippen molar-refractivity contribution < 1.29 is 81.8 Å². The van der Waals surface area contributed by atoms with Crippen molar-refractivity contribution in [2.75, 3.05) is 66.2 Å². The first-order valence-electron chi connectivity index (χ1n) is 16.7. The largest absolute Gasteiger partial charge is 0.396 e. The van der Waals surface area contributed by atoms with E-state index in [9.17, 15) is 45.0 Å². The van der Waals surface area contributed by atoms with Crippen LogP contribution in [0.4, 0.5) is 0 Å². The van der Waals surface area contributed by atoms with E-state index in [1.165, 1.54) is 13.3 Å². The fourth-order valence-corrected chi connectivity index (χ4v) is 7.45. The van der Waals surface area contributed by atoms with E-state index in [1.54, 1.807) is 0 Å².